The Morgan fingerprint density at radius 1 is 1.06 bits per heavy atom. The molecule has 0 aromatic heterocycles. The van der Waals surface area contributed by atoms with Crippen molar-refractivity contribution in [2.75, 3.05) is 25.0 Å². The average molecular weight is 529 g/mol. The van der Waals surface area contributed by atoms with Crippen LogP contribution in [-0.2, 0) is 26.3 Å². The van der Waals surface area contributed by atoms with Gasteiger partial charge in [-0.2, -0.15) is 0 Å². The summed E-state index contributed by atoms with van der Waals surface area (Å²) in [6.45, 7) is 1.09. The standard InChI is InChI=1S/C27H30Cl2N4O3/c28-19-4-1-3-17(13-19)15-27(22-8-7-20(29)14-23(22)31-26(27)36)33(21-5-2-6-21)16-24(34)32-11-9-18(10-12-32)25(30)35/h1,3-4,7-8,13-14,18,21H,2,5-6,9-12,15-16H2,(H2,30,35)(H,31,36). The van der Waals surface area contributed by atoms with Crippen LogP contribution in [0.5, 0.6) is 0 Å². The molecule has 2 heterocycles. The van der Waals surface area contributed by atoms with Gasteiger partial charge < -0.3 is 16.0 Å². The lowest BCUT2D eigenvalue weighted by Crippen LogP contribution is -2.61. The molecule has 1 unspecified atom stereocenters. The van der Waals surface area contributed by atoms with E-state index in [1.165, 1.54) is 0 Å². The number of nitrogens with one attached hydrogen (secondary N) is 1. The van der Waals surface area contributed by atoms with Gasteiger partial charge in [0.15, 0.2) is 0 Å². The zero-order valence-corrected chi connectivity index (χ0v) is 21.5. The van der Waals surface area contributed by atoms with E-state index in [0.29, 0.717) is 48.1 Å². The van der Waals surface area contributed by atoms with Gasteiger partial charge in [-0.3, -0.25) is 19.3 Å². The molecule has 0 radical (unpaired) electrons. The fraction of sp³-hybridized carbons (Fsp3) is 0.444. The summed E-state index contributed by atoms with van der Waals surface area (Å²) in [5, 5.41) is 4.18. The topological polar surface area (TPSA) is 95.7 Å². The summed E-state index contributed by atoms with van der Waals surface area (Å²) in [5.41, 5.74) is 6.82. The molecule has 9 heteroatoms. The normalized spacial score (nSPS) is 22.3. The van der Waals surface area contributed by atoms with Crippen LogP contribution in [0.1, 0.15) is 43.2 Å². The highest BCUT2D eigenvalue weighted by molar-refractivity contribution is 6.31. The van der Waals surface area contributed by atoms with Crippen LogP contribution in [0.3, 0.4) is 0 Å². The number of rotatable bonds is 7. The van der Waals surface area contributed by atoms with Crippen LogP contribution in [0.2, 0.25) is 10.0 Å². The SMILES string of the molecule is NC(=O)C1CCN(C(=O)CN(C2CCC2)C2(Cc3cccc(Cl)c3)C(=O)Nc3cc(Cl)ccc32)CC1. The third-order valence-electron chi connectivity index (χ3n) is 7.96. The van der Waals surface area contributed by atoms with Gasteiger partial charge in [-0.1, -0.05) is 47.8 Å². The van der Waals surface area contributed by atoms with E-state index in [1.54, 1.807) is 17.0 Å². The van der Waals surface area contributed by atoms with E-state index >= 15 is 0 Å². The number of primary amides is 1. The van der Waals surface area contributed by atoms with Gasteiger partial charge in [-0.05, 0) is 55.5 Å². The first kappa shape index (κ1) is 25.1. The molecule has 2 aromatic rings. The lowest BCUT2D eigenvalue weighted by atomic mass is 9.78. The van der Waals surface area contributed by atoms with Crippen molar-refractivity contribution >= 4 is 46.6 Å². The van der Waals surface area contributed by atoms with Crippen molar-refractivity contribution in [2.24, 2.45) is 11.7 Å². The molecule has 0 spiro atoms. The van der Waals surface area contributed by atoms with Gasteiger partial charge in [0.25, 0.3) is 0 Å². The second kappa shape index (κ2) is 10.0. The minimum absolute atomic E-state index is 0.0366. The molecule has 2 aromatic carbocycles. The first-order chi connectivity index (χ1) is 17.3. The second-order valence-electron chi connectivity index (χ2n) is 10.1. The third kappa shape index (κ3) is 4.60. The number of fused-ring (bicyclic) bond motifs is 1. The maximum absolute atomic E-state index is 13.9. The van der Waals surface area contributed by atoms with Crippen molar-refractivity contribution in [3.8, 4) is 0 Å². The molecule has 1 atom stereocenters. The minimum Gasteiger partial charge on any atom is -0.369 e. The van der Waals surface area contributed by atoms with E-state index in [1.807, 2.05) is 30.3 Å². The number of amides is 3. The number of halogens is 2. The Labute approximate surface area is 220 Å². The molecule has 5 rings (SSSR count). The zero-order valence-electron chi connectivity index (χ0n) is 20.0. The first-order valence-electron chi connectivity index (χ1n) is 12.5. The average Bonchev–Trinajstić information content (AvgIpc) is 3.08. The van der Waals surface area contributed by atoms with E-state index in [9.17, 15) is 14.4 Å². The molecular weight excluding hydrogens is 499 g/mol. The van der Waals surface area contributed by atoms with Crippen LogP contribution in [-0.4, -0.2) is 53.2 Å². The lowest BCUT2D eigenvalue weighted by Gasteiger charge is -2.48. The Balaban J connectivity index is 1.51. The molecule has 2 fully saturated rings. The largest absolute Gasteiger partial charge is 0.369 e. The van der Waals surface area contributed by atoms with Crippen LogP contribution >= 0.6 is 23.2 Å². The van der Waals surface area contributed by atoms with Gasteiger partial charge in [0.1, 0.15) is 5.54 Å². The third-order valence-corrected chi connectivity index (χ3v) is 8.43. The number of hydrogen-bond acceptors (Lipinski definition) is 4. The Kier molecular flexibility index (Phi) is 6.99. The Bertz CT molecular complexity index is 1190. The first-order valence-corrected chi connectivity index (χ1v) is 13.2. The summed E-state index contributed by atoms with van der Waals surface area (Å²) in [7, 11) is 0. The number of benzene rings is 2. The van der Waals surface area contributed by atoms with Crippen molar-refractivity contribution in [1.82, 2.24) is 9.80 Å². The Hall–Kier alpha value is -2.61. The summed E-state index contributed by atoms with van der Waals surface area (Å²) < 4.78 is 0. The number of carbonyl (C=O) groups excluding carboxylic acids is 3. The van der Waals surface area contributed by atoms with E-state index in [2.05, 4.69) is 10.2 Å². The number of nitrogens with two attached hydrogens (primary N) is 1. The summed E-state index contributed by atoms with van der Waals surface area (Å²) >= 11 is 12.6. The van der Waals surface area contributed by atoms with Gasteiger partial charge in [-0.15, -0.1) is 0 Å². The lowest BCUT2D eigenvalue weighted by molar-refractivity contribution is -0.143. The van der Waals surface area contributed by atoms with Crippen LogP contribution in [0.25, 0.3) is 0 Å². The smallest absolute Gasteiger partial charge is 0.249 e. The van der Waals surface area contributed by atoms with E-state index in [4.69, 9.17) is 28.9 Å². The molecule has 1 aliphatic carbocycles. The predicted octanol–water partition coefficient (Wildman–Crippen LogP) is 3.96. The quantitative estimate of drug-likeness (QED) is 0.568. The molecule has 7 nitrogen and oxygen atoms in total. The molecule has 2 aliphatic heterocycles. The Morgan fingerprint density at radius 2 is 1.78 bits per heavy atom. The van der Waals surface area contributed by atoms with Gasteiger partial charge >= 0.3 is 0 Å². The number of nitrogens with zero attached hydrogens (tertiary/aromatic N) is 2. The number of carbonyl (C=O) groups is 3. The fourth-order valence-electron chi connectivity index (χ4n) is 5.77. The summed E-state index contributed by atoms with van der Waals surface area (Å²) in [4.78, 5) is 43.0. The van der Waals surface area contributed by atoms with E-state index in [-0.39, 0.29) is 36.2 Å². The van der Waals surface area contributed by atoms with Crippen molar-refractivity contribution in [3.05, 3.63) is 63.6 Å². The zero-order chi connectivity index (χ0) is 25.4. The molecule has 3 amide bonds. The molecule has 0 bridgehead atoms. The number of likely N-dealkylation sites (tertiary alicyclic amines) is 1. The van der Waals surface area contributed by atoms with E-state index < -0.39 is 5.54 Å². The second-order valence-corrected chi connectivity index (χ2v) is 11.0. The van der Waals surface area contributed by atoms with Crippen LogP contribution < -0.4 is 11.1 Å². The number of piperidine rings is 1. The molecule has 1 saturated carbocycles. The summed E-state index contributed by atoms with van der Waals surface area (Å²) in [5.74, 6) is -0.697. The molecule has 3 aliphatic rings. The summed E-state index contributed by atoms with van der Waals surface area (Å²) in [6, 6.07) is 13.1. The highest BCUT2D eigenvalue weighted by atomic mass is 35.5. The highest BCUT2D eigenvalue weighted by Crippen LogP contribution is 2.47. The fourth-order valence-corrected chi connectivity index (χ4v) is 6.15. The van der Waals surface area contributed by atoms with Crippen molar-refractivity contribution < 1.29 is 14.4 Å². The minimum atomic E-state index is -1.07. The van der Waals surface area contributed by atoms with Crippen LogP contribution in [0, 0.1) is 5.92 Å². The summed E-state index contributed by atoms with van der Waals surface area (Å²) in [6.07, 6.45) is 4.41. The van der Waals surface area contributed by atoms with E-state index in [0.717, 1.165) is 30.4 Å². The molecule has 3 N–H and O–H groups in total. The predicted molar refractivity (Wildman–Crippen MR) is 140 cm³/mol. The Morgan fingerprint density at radius 3 is 2.42 bits per heavy atom. The number of hydrogen-bond donors (Lipinski definition) is 2. The van der Waals surface area contributed by atoms with Gasteiger partial charge in [0.05, 0.1) is 6.54 Å². The number of anilines is 1. The van der Waals surface area contributed by atoms with Crippen LogP contribution in [0.4, 0.5) is 5.69 Å². The maximum atomic E-state index is 13.9. The van der Waals surface area contributed by atoms with Crippen molar-refractivity contribution in [1.29, 1.82) is 0 Å². The highest BCUT2D eigenvalue weighted by Gasteiger charge is 2.54. The molecule has 36 heavy (non-hydrogen) atoms. The van der Waals surface area contributed by atoms with Crippen molar-refractivity contribution in [2.45, 2.75) is 50.1 Å². The van der Waals surface area contributed by atoms with Gasteiger partial charge in [-0.25, -0.2) is 0 Å². The molecule has 1 saturated heterocycles. The van der Waals surface area contributed by atoms with Crippen LogP contribution in [0.15, 0.2) is 42.5 Å². The van der Waals surface area contributed by atoms with Gasteiger partial charge in [0.2, 0.25) is 17.7 Å². The maximum Gasteiger partial charge on any atom is 0.249 e. The van der Waals surface area contributed by atoms with Gasteiger partial charge in [0, 0.05) is 52.8 Å². The molecular formula is C27H30Cl2N4O3. The van der Waals surface area contributed by atoms with Crippen molar-refractivity contribution in [3.63, 3.8) is 0 Å². The monoisotopic (exact) mass is 528 g/mol. The molecule has 190 valence electrons.